The van der Waals surface area contributed by atoms with Crippen LogP contribution in [0.4, 0.5) is 0 Å². The molecule has 0 saturated carbocycles. The van der Waals surface area contributed by atoms with Gasteiger partial charge in [0.05, 0.1) is 0 Å². The molecule has 0 bridgehead atoms. The summed E-state index contributed by atoms with van der Waals surface area (Å²) in [6, 6.07) is 0.572. The van der Waals surface area contributed by atoms with E-state index in [4.69, 9.17) is 16.1 Å². The van der Waals surface area contributed by atoms with Crippen molar-refractivity contribution in [1.29, 1.82) is 5.26 Å². The molecular weight excluding hydrogens is 288 g/mol. The summed E-state index contributed by atoms with van der Waals surface area (Å²) in [6.07, 6.45) is 1.32. The van der Waals surface area contributed by atoms with E-state index in [1.807, 2.05) is 13.8 Å². The molecule has 1 unspecified atom stereocenters. The molecule has 0 spiro atoms. The number of hydrogen-bond donors (Lipinski definition) is 3. The van der Waals surface area contributed by atoms with E-state index < -0.39 is 17.9 Å². The number of nitrogens with one attached hydrogen (secondary N) is 1. The molecule has 0 rings (SSSR count). The summed E-state index contributed by atoms with van der Waals surface area (Å²) in [6.45, 7) is 5.24. The van der Waals surface area contributed by atoms with Gasteiger partial charge in [-0.25, -0.2) is 4.79 Å². The molecule has 0 aliphatic rings. The van der Waals surface area contributed by atoms with Crippen LogP contribution in [0.15, 0.2) is 11.8 Å². The van der Waals surface area contributed by atoms with Crippen molar-refractivity contribution >= 4 is 17.8 Å². The lowest BCUT2D eigenvalue weighted by Crippen LogP contribution is -2.42. The lowest BCUT2D eigenvalue weighted by atomic mass is 10.0. The highest BCUT2D eigenvalue weighted by Gasteiger charge is 2.23. The number of aliphatic carboxylic acids is 1. The fraction of sp³-hybridized carbons (Fsp3) is 0.571. The maximum atomic E-state index is 12.0. The van der Waals surface area contributed by atoms with Crippen LogP contribution < -0.4 is 11.1 Å². The van der Waals surface area contributed by atoms with Gasteiger partial charge in [0.1, 0.15) is 17.7 Å². The highest BCUT2D eigenvalue weighted by atomic mass is 16.4. The number of amides is 2. The minimum atomic E-state index is -1.18. The largest absolute Gasteiger partial charge is 0.480 e. The number of nitrogens with zero attached hydrogens (tertiary/aromatic N) is 2. The lowest BCUT2D eigenvalue weighted by Gasteiger charge is -2.18. The second-order valence-electron chi connectivity index (χ2n) is 5.15. The number of carbonyl (C=O) groups is 3. The van der Waals surface area contributed by atoms with Gasteiger partial charge in [-0.3, -0.25) is 9.59 Å². The quantitative estimate of drug-likeness (QED) is 0.420. The van der Waals surface area contributed by atoms with Gasteiger partial charge in [0.15, 0.2) is 0 Å². The summed E-state index contributed by atoms with van der Waals surface area (Å²) in [7, 11) is 0. The van der Waals surface area contributed by atoms with Crippen molar-refractivity contribution in [3.8, 4) is 6.07 Å². The first-order valence-corrected chi connectivity index (χ1v) is 6.85. The van der Waals surface area contributed by atoms with E-state index in [0.29, 0.717) is 0 Å². The van der Waals surface area contributed by atoms with Crippen molar-refractivity contribution in [1.82, 2.24) is 10.2 Å². The molecule has 0 aromatic heterocycles. The number of carbonyl (C=O) groups excluding carboxylic acids is 2. The topological polar surface area (TPSA) is 137 Å². The first-order chi connectivity index (χ1) is 10.2. The van der Waals surface area contributed by atoms with Crippen LogP contribution in [-0.4, -0.2) is 46.9 Å². The average Bonchev–Trinajstić information content (AvgIpc) is 2.41. The second-order valence-corrected chi connectivity index (χ2v) is 5.15. The zero-order valence-electron chi connectivity index (χ0n) is 13.0. The lowest BCUT2D eigenvalue weighted by molar-refractivity contribution is -0.141. The minimum absolute atomic E-state index is 0.0573. The van der Waals surface area contributed by atoms with Crippen LogP contribution in [0.2, 0.25) is 0 Å². The first kappa shape index (κ1) is 19.6. The van der Waals surface area contributed by atoms with Gasteiger partial charge in [-0.2, -0.15) is 5.26 Å². The third-order valence-electron chi connectivity index (χ3n) is 2.74. The fourth-order valence-electron chi connectivity index (χ4n) is 1.67. The van der Waals surface area contributed by atoms with Crippen molar-refractivity contribution in [2.75, 3.05) is 13.1 Å². The molecule has 0 aliphatic heterocycles. The normalized spacial score (nSPS) is 12.5. The minimum Gasteiger partial charge on any atom is -0.480 e. The number of nitrogens with two attached hydrogens (primary N) is 1. The van der Waals surface area contributed by atoms with Crippen molar-refractivity contribution in [3.63, 3.8) is 0 Å². The summed E-state index contributed by atoms with van der Waals surface area (Å²) in [5.74, 6) is -2.33. The summed E-state index contributed by atoms with van der Waals surface area (Å²) < 4.78 is 0. The van der Waals surface area contributed by atoms with E-state index in [1.54, 1.807) is 6.07 Å². The number of rotatable bonds is 8. The predicted molar refractivity (Wildman–Crippen MR) is 79.2 cm³/mol. The monoisotopic (exact) mass is 310 g/mol. The van der Waals surface area contributed by atoms with Gasteiger partial charge in [-0.15, -0.1) is 0 Å². The fourth-order valence-corrected chi connectivity index (χ4v) is 1.67. The molecule has 22 heavy (non-hydrogen) atoms. The van der Waals surface area contributed by atoms with Crippen LogP contribution in [-0.2, 0) is 14.4 Å². The summed E-state index contributed by atoms with van der Waals surface area (Å²) in [4.78, 5) is 35.6. The number of carboxylic acid groups (broad SMARTS) is 1. The van der Waals surface area contributed by atoms with Crippen LogP contribution >= 0.6 is 0 Å². The molecule has 2 amide bonds. The van der Waals surface area contributed by atoms with Gasteiger partial charge in [0, 0.05) is 26.2 Å². The Kier molecular flexibility index (Phi) is 8.48. The van der Waals surface area contributed by atoms with Gasteiger partial charge in [0.25, 0.3) is 5.91 Å². The Bertz CT molecular complexity index is 494. The Labute approximate surface area is 129 Å². The molecule has 0 aromatic carbocycles. The first-order valence-electron chi connectivity index (χ1n) is 6.85. The maximum Gasteiger partial charge on any atom is 0.326 e. The van der Waals surface area contributed by atoms with Crippen LogP contribution in [0.5, 0.6) is 0 Å². The molecular formula is C14H22N4O4. The third kappa shape index (κ3) is 6.85. The smallest absolute Gasteiger partial charge is 0.326 e. The Hall–Kier alpha value is -2.40. The highest BCUT2D eigenvalue weighted by molar-refractivity contribution is 5.99. The van der Waals surface area contributed by atoms with E-state index in [2.05, 4.69) is 5.32 Å². The van der Waals surface area contributed by atoms with Crippen LogP contribution in [0.1, 0.15) is 27.2 Å². The zero-order valence-corrected chi connectivity index (χ0v) is 13.0. The molecule has 0 saturated heterocycles. The standard InChI is InChI=1S/C14H22N4O4/c1-9(2)6-12(14(21)22)17-13(20)11(7-16)8-18(5-4-15)10(3)19/h8-9,12H,4-6,15H2,1-3H3,(H,17,20)(H,21,22)/b11-8-. The second kappa shape index (κ2) is 9.52. The zero-order chi connectivity index (χ0) is 17.3. The van der Waals surface area contributed by atoms with Crippen molar-refractivity contribution in [2.24, 2.45) is 11.7 Å². The maximum absolute atomic E-state index is 12.0. The highest BCUT2D eigenvalue weighted by Crippen LogP contribution is 2.07. The molecule has 0 heterocycles. The molecule has 0 radical (unpaired) electrons. The molecule has 0 aromatic rings. The predicted octanol–water partition coefficient (Wildman–Crippen LogP) is -0.183. The molecule has 0 aliphatic carbocycles. The molecule has 8 heteroatoms. The van der Waals surface area contributed by atoms with E-state index >= 15 is 0 Å². The molecule has 122 valence electrons. The van der Waals surface area contributed by atoms with Crippen molar-refractivity contribution < 1.29 is 19.5 Å². The van der Waals surface area contributed by atoms with Crippen LogP contribution in [0.25, 0.3) is 0 Å². The SMILES string of the molecule is CC(=O)N(/C=C(/C#N)C(=O)NC(CC(C)C)C(=O)O)CCN. The Morgan fingerprint density at radius 3 is 2.36 bits per heavy atom. The number of nitriles is 1. The molecule has 1 atom stereocenters. The molecule has 4 N–H and O–H groups in total. The van der Waals surface area contributed by atoms with Crippen molar-refractivity contribution in [2.45, 2.75) is 33.2 Å². The Morgan fingerprint density at radius 2 is 2.00 bits per heavy atom. The van der Waals surface area contributed by atoms with Gasteiger partial charge in [0.2, 0.25) is 5.91 Å². The van der Waals surface area contributed by atoms with Crippen LogP contribution in [0, 0.1) is 17.2 Å². The van der Waals surface area contributed by atoms with Gasteiger partial charge in [-0.05, 0) is 12.3 Å². The number of carboxylic acids is 1. The van der Waals surface area contributed by atoms with E-state index in [0.717, 1.165) is 11.1 Å². The average molecular weight is 310 g/mol. The van der Waals surface area contributed by atoms with Crippen LogP contribution in [0.3, 0.4) is 0 Å². The summed E-state index contributed by atoms with van der Waals surface area (Å²) in [5.41, 5.74) is 5.00. The summed E-state index contributed by atoms with van der Waals surface area (Å²) >= 11 is 0. The van der Waals surface area contributed by atoms with E-state index in [9.17, 15) is 14.4 Å². The van der Waals surface area contributed by atoms with Gasteiger partial charge >= 0.3 is 5.97 Å². The summed E-state index contributed by atoms with van der Waals surface area (Å²) in [5, 5.41) is 20.4. The van der Waals surface area contributed by atoms with Gasteiger partial charge < -0.3 is 21.1 Å². The Morgan fingerprint density at radius 1 is 1.41 bits per heavy atom. The van der Waals surface area contributed by atoms with Crippen molar-refractivity contribution in [3.05, 3.63) is 11.8 Å². The van der Waals surface area contributed by atoms with E-state index in [1.165, 1.54) is 6.92 Å². The third-order valence-corrected chi connectivity index (χ3v) is 2.74. The number of hydrogen-bond acceptors (Lipinski definition) is 5. The van der Waals surface area contributed by atoms with Gasteiger partial charge in [-0.1, -0.05) is 13.8 Å². The molecule has 0 fully saturated rings. The Balaban J connectivity index is 5.15. The van der Waals surface area contributed by atoms with E-state index in [-0.39, 0.29) is 36.9 Å². The molecule has 8 nitrogen and oxygen atoms in total.